The molecule has 1 fully saturated rings. The number of methoxy groups -OCH3 is 1. The summed E-state index contributed by atoms with van der Waals surface area (Å²) in [6, 6.07) is 13.7. The van der Waals surface area contributed by atoms with Crippen LogP contribution in [-0.4, -0.2) is 78.1 Å². The second-order valence-electron chi connectivity index (χ2n) is 8.31. The Kier molecular flexibility index (Phi) is 10.6. The third-order valence-electron chi connectivity index (χ3n) is 5.44. The van der Waals surface area contributed by atoms with Gasteiger partial charge in [-0.3, -0.25) is 14.1 Å². The van der Waals surface area contributed by atoms with E-state index in [-0.39, 0.29) is 12.4 Å². The van der Waals surface area contributed by atoms with Gasteiger partial charge in [0, 0.05) is 6.92 Å². The first-order chi connectivity index (χ1) is 18.1. The lowest BCUT2D eigenvalue weighted by Crippen LogP contribution is -2.64. The maximum Gasteiger partial charge on any atom is 0.459 e. The molecule has 6 atom stereocenters. The smallest absolute Gasteiger partial charge is 0.459 e. The number of benzene rings is 2. The van der Waals surface area contributed by atoms with E-state index in [2.05, 4.69) is 10.4 Å². The van der Waals surface area contributed by atoms with Gasteiger partial charge in [-0.15, -0.1) is 0 Å². The molecule has 0 aromatic heterocycles. The number of esters is 1. The fourth-order valence-electron chi connectivity index (χ4n) is 3.48. The van der Waals surface area contributed by atoms with Crippen molar-refractivity contribution < 1.29 is 52.7 Å². The number of aliphatic hydroxyl groups is 3. The average Bonchev–Trinajstić information content (AvgIpc) is 2.91. The molecule has 1 aliphatic heterocycles. The van der Waals surface area contributed by atoms with Crippen LogP contribution in [0.15, 0.2) is 54.6 Å². The minimum atomic E-state index is -4.30. The number of hydrogen-bond acceptors (Lipinski definition) is 11. The van der Waals surface area contributed by atoms with Crippen molar-refractivity contribution in [3.8, 4) is 11.5 Å². The number of hydrogen-bond donors (Lipinski definition) is 5. The molecule has 208 valence electrons. The molecule has 1 aliphatic rings. The molecule has 1 heterocycles. The highest BCUT2D eigenvalue weighted by atomic mass is 31.2. The van der Waals surface area contributed by atoms with E-state index in [0.29, 0.717) is 5.75 Å². The molecule has 38 heavy (non-hydrogen) atoms. The lowest BCUT2D eigenvalue weighted by Gasteiger charge is -2.40. The molecule has 3 rings (SSSR count). The summed E-state index contributed by atoms with van der Waals surface area (Å²) in [5.41, 5.74) is 0.757. The van der Waals surface area contributed by atoms with Crippen LogP contribution in [-0.2, 0) is 34.8 Å². The predicted molar refractivity (Wildman–Crippen MR) is 132 cm³/mol. The third-order valence-corrected chi connectivity index (χ3v) is 6.93. The Morgan fingerprint density at radius 2 is 1.66 bits per heavy atom. The zero-order chi connectivity index (χ0) is 27.7. The van der Waals surface area contributed by atoms with E-state index in [1.807, 2.05) is 6.07 Å². The third kappa shape index (κ3) is 8.50. The van der Waals surface area contributed by atoms with Crippen LogP contribution in [0.25, 0.3) is 0 Å². The molecule has 1 saturated heterocycles. The summed E-state index contributed by atoms with van der Waals surface area (Å²) in [6.45, 7) is -0.00467. The van der Waals surface area contributed by atoms with Crippen molar-refractivity contribution >= 4 is 19.6 Å². The van der Waals surface area contributed by atoms with Crippen LogP contribution in [0.2, 0.25) is 0 Å². The molecule has 5 N–H and O–H groups in total. The summed E-state index contributed by atoms with van der Waals surface area (Å²) < 4.78 is 40.0. The number of carbonyl (C=O) groups is 2. The molecule has 14 heteroatoms. The summed E-state index contributed by atoms with van der Waals surface area (Å²) in [6.07, 6.45) is -6.28. The molecule has 0 spiro atoms. The molecular formula is C24H31N2O11P. The molecule has 0 radical (unpaired) electrons. The monoisotopic (exact) mass is 554 g/mol. The lowest BCUT2D eigenvalue weighted by atomic mass is 9.97. The number of aliphatic hydroxyl groups excluding tert-OH is 3. The van der Waals surface area contributed by atoms with E-state index >= 15 is 0 Å². The maximum atomic E-state index is 13.5. The van der Waals surface area contributed by atoms with Crippen LogP contribution < -0.4 is 19.7 Å². The highest BCUT2D eigenvalue weighted by Gasteiger charge is 2.45. The van der Waals surface area contributed by atoms with Crippen LogP contribution in [0.1, 0.15) is 12.5 Å². The number of carbonyl (C=O) groups excluding carboxylic acids is 2. The first-order valence-electron chi connectivity index (χ1n) is 11.6. The molecule has 13 nitrogen and oxygen atoms in total. The van der Waals surface area contributed by atoms with Gasteiger partial charge in [-0.25, -0.2) is 9.65 Å². The van der Waals surface area contributed by atoms with Crippen LogP contribution in [0.3, 0.4) is 0 Å². The molecular weight excluding hydrogens is 523 g/mol. The van der Waals surface area contributed by atoms with Crippen molar-refractivity contribution in [1.29, 1.82) is 0 Å². The Morgan fingerprint density at radius 3 is 2.29 bits per heavy atom. The number of ether oxygens (including phenoxy) is 3. The van der Waals surface area contributed by atoms with Crippen LogP contribution in [0, 0.1) is 0 Å². The zero-order valence-corrected chi connectivity index (χ0v) is 21.7. The summed E-state index contributed by atoms with van der Waals surface area (Å²) >= 11 is 0. The van der Waals surface area contributed by atoms with Gasteiger partial charge in [0.25, 0.3) is 0 Å². The topological polar surface area (TPSA) is 182 Å². The van der Waals surface area contributed by atoms with Gasteiger partial charge in [0.1, 0.15) is 49.0 Å². The fraction of sp³-hybridized carbons (Fsp3) is 0.417. The van der Waals surface area contributed by atoms with Crippen LogP contribution in [0.4, 0.5) is 0 Å². The van der Waals surface area contributed by atoms with Gasteiger partial charge in [-0.1, -0.05) is 30.3 Å². The van der Waals surface area contributed by atoms with E-state index in [1.54, 1.807) is 36.4 Å². The first-order valence-corrected chi connectivity index (χ1v) is 13.1. The normalized spacial score (nSPS) is 24.6. The molecule has 0 aliphatic carbocycles. The molecule has 1 amide bonds. The lowest BCUT2D eigenvalue weighted by molar-refractivity contribution is -0.252. The van der Waals surface area contributed by atoms with Gasteiger partial charge in [-0.05, 0) is 29.8 Å². The molecule has 0 saturated carbocycles. The first kappa shape index (κ1) is 29.5. The Bertz CT molecular complexity index is 1100. The Hall–Kier alpha value is -3.03. The van der Waals surface area contributed by atoms with Crippen molar-refractivity contribution in [2.75, 3.05) is 20.3 Å². The van der Waals surface area contributed by atoms with Crippen molar-refractivity contribution in [2.45, 2.75) is 44.2 Å². The second kappa shape index (κ2) is 13.7. The number of amides is 1. The Labute approximate surface area is 219 Å². The molecule has 0 bridgehead atoms. The van der Waals surface area contributed by atoms with Crippen LogP contribution >= 0.6 is 7.75 Å². The van der Waals surface area contributed by atoms with E-state index in [9.17, 15) is 29.5 Å². The summed E-state index contributed by atoms with van der Waals surface area (Å²) in [5, 5.41) is 35.6. The van der Waals surface area contributed by atoms with Crippen molar-refractivity contribution in [3.63, 3.8) is 0 Å². The van der Waals surface area contributed by atoms with Crippen LogP contribution in [0.5, 0.6) is 11.5 Å². The largest absolute Gasteiger partial charge is 0.497 e. The zero-order valence-electron chi connectivity index (χ0n) is 20.8. The summed E-state index contributed by atoms with van der Waals surface area (Å²) in [5.74, 6) is -0.676. The van der Waals surface area contributed by atoms with E-state index < -0.39 is 63.4 Å². The molecule has 2 aromatic rings. The standard InChI is InChI=1S/C24H31N2O11P/c1-15(27)26-21-23(30)22(29)19(36-24(21)31)14-35-38(32,37-18-10-8-17(33-2)9-11-18)25-12-20(28)34-13-16-6-4-3-5-7-16/h3-11,19,21-24,29-31H,12-14H2,1-2H3,(H,25,32)(H,26,27)/t19-,21-,22-,23-,24?,38?/m1/s1. The minimum absolute atomic E-state index is 0.000796. The van der Waals surface area contributed by atoms with E-state index in [0.717, 1.165) is 5.56 Å². The quantitative estimate of drug-likeness (QED) is 0.181. The Balaban J connectivity index is 1.66. The van der Waals surface area contributed by atoms with Gasteiger partial charge in [-0.2, -0.15) is 0 Å². The van der Waals surface area contributed by atoms with Crippen molar-refractivity contribution in [2.24, 2.45) is 0 Å². The average molecular weight is 554 g/mol. The van der Waals surface area contributed by atoms with E-state index in [4.69, 9.17) is 23.3 Å². The van der Waals surface area contributed by atoms with E-state index in [1.165, 1.54) is 26.2 Å². The molecule has 2 aromatic carbocycles. The summed E-state index contributed by atoms with van der Waals surface area (Å²) in [4.78, 5) is 23.6. The summed E-state index contributed by atoms with van der Waals surface area (Å²) in [7, 11) is -2.83. The minimum Gasteiger partial charge on any atom is -0.497 e. The molecule has 2 unspecified atom stereocenters. The van der Waals surface area contributed by atoms with Gasteiger partial charge >= 0.3 is 13.7 Å². The van der Waals surface area contributed by atoms with Gasteiger partial charge in [0.05, 0.1) is 13.7 Å². The number of nitrogens with one attached hydrogen (secondary N) is 2. The van der Waals surface area contributed by atoms with Gasteiger partial charge < -0.3 is 39.4 Å². The van der Waals surface area contributed by atoms with Crippen molar-refractivity contribution in [1.82, 2.24) is 10.4 Å². The highest BCUT2D eigenvalue weighted by Crippen LogP contribution is 2.45. The SMILES string of the molecule is COc1ccc(OP(=O)(NCC(=O)OCc2ccccc2)OC[C@H]2OC(O)[C@H](NC(C)=O)[C@@H](O)[C@@H]2O)cc1. The second-order valence-corrected chi connectivity index (χ2v) is 10.1. The van der Waals surface area contributed by atoms with Crippen molar-refractivity contribution in [3.05, 3.63) is 60.2 Å². The Morgan fingerprint density at radius 1 is 1.00 bits per heavy atom. The highest BCUT2D eigenvalue weighted by molar-refractivity contribution is 7.52. The predicted octanol–water partition coefficient (Wildman–Crippen LogP) is 0.475. The maximum absolute atomic E-state index is 13.5. The van der Waals surface area contributed by atoms with Gasteiger partial charge in [0.15, 0.2) is 6.29 Å². The number of rotatable bonds is 12. The fourth-order valence-corrected chi connectivity index (χ4v) is 4.75. The van der Waals surface area contributed by atoms with Gasteiger partial charge in [0.2, 0.25) is 5.91 Å².